The molecule has 1 aliphatic rings. The number of likely N-dealkylation sites (tertiary alicyclic amines) is 1. The topological polar surface area (TPSA) is 38.8 Å². The van der Waals surface area contributed by atoms with E-state index in [4.69, 9.17) is 9.47 Å². The van der Waals surface area contributed by atoms with Crippen molar-refractivity contribution in [3.8, 4) is 0 Å². The van der Waals surface area contributed by atoms with Gasteiger partial charge < -0.3 is 14.4 Å². The molecule has 1 rings (SSSR count). The number of hydrogen-bond donors (Lipinski definition) is 0. The van der Waals surface area contributed by atoms with Crippen molar-refractivity contribution in [1.82, 2.24) is 4.90 Å². The lowest BCUT2D eigenvalue weighted by Crippen LogP contribution is -2.36. The summed E-state index contributed by atoms with van der Waals surface area (Å²) >= 11 is 0. The zero-order chi connectivity index (χ0) is 11.6. The third-order valence-corrected chi connectivity index (χ3v) is 2.15. The summed E-state index contributed by atoms with van der Waals surface area (Å²) in [5, 5.41) is 0. The van der Waals surface area contributed by atoms with Gasteiger partial charge in [-0.15, -0.1) is 0 Å². The van der Waals surface area contributed by atoms with Gasteiger partial charge in [0, 0.05) is 7.11 Å². The van der Waals surface area contributed by atoms with E-state index in [1.165, 1.54) is 12.0 Å². The van der Waals surface area contributed by atoms with Gasteiger partial charge in [-0.2, -0.15) is 0 Å². The number of carbonyl (C=O) groups excluding carboxylic acids is 1. The van der Waals surface area contributed by atoms with Crippen molar-refractivity contribution in [2.75, 3.05) is 20.2 Å². The van der Waals surface area contributed by atoms with Crippen LogP contribution < -0.4 is 0 Å². The fraction of sp³-hybridized carbons (Fsp3) is 0.900. The van der Waals surface area contributed by atoms with Gasteiger partial charge in [-0.1, -0.05) is 0 Å². The third-order valence-electron chi connectivity index (χ3n) is 2.15. The van der Waals surface area contributed by atoms with Crippen LogP contribution in [0.2, 0.25) is 0 Å². The van der Waals surface area contributed by atoms with Gasteiger partial charge in [0.25, 0.3) is 0 Å². The first-order valence-electron chi connectivity index (χ1n) is 4.98. The molecule has 0 aliphatic carbocycles. The van der Waals surface area contributed by atoms with Crippen molar-refractivity contribution in [2.24, 2.45) is 0 Å². The Morgan fingerprint density at radius 3 is 2.40 bits per heavy atom. The molecule has 0 aromatic heterocycles. The van der Waals surface area contributed by atoms with Crippen molar-refractivity contribution in [3.05, 3.63) is 0 Å². The SMILES string of the molecule is CO[C@H]1CN(C(=O)OC(C)(C)C)C[C@@H]1F. The molecule has 2 atom stereocenters. The highest BCUT2D eigenvalue weighted by Gasteiger charge is 2.37. The summed E-state index contributed by atoms with van der Waals surface area (Å²) in [7, 11) is 1.44. The predicted molar refractivity (Wildman–Crippen MR) is 53.5 cm³/mol. The molecule has 1 heterocycles. The fourth-order valence-corrected chi connectivity index (χ4v) is 1.43. The number of rotatable bonds is 1. The van der Waals surface area contributed by atoms with Crippen LogP contribution in [0.15, 0.2) is 0 Å². The maximum absolute atomic E-state index is 13.3. The van der Waals surface area contributed by atoms with Crippen LogP contribution in [0.4, 0.5) is 9.18 Å². The summed E-state index contributed by atoms with van der Waals surface area (Å²) in [6.07, 6.45) is -2.13. The second-order valence-electron chi connectivity index (χ2n) is 4.68. The molecule has 1 fully saturated rings. The molecular weight excluding hydrogens is 201 g/mol. The van der Waals surface area contributed by atoms with Crippen molar-refractivity contribution in [2.45, 2.75) is 38.6 Å². The molecule has 1 amide bonds. The number of nitrogens with zero attached hydrogens (tertiary/aromatic N) is 1. The van der Waals surface area contributed by atoms with E-state index >= 15 is 0 Å². The largest absolute Gasteiger partial charge is 0.444 e. The van der Waals surface area contributed by atoms with Gasteiger partial charge in [-0.25, -0.2) is 9.18 Å². The van der Waals surface area contributed by atoms with E-state index in [9.17, 15) is 9.18 Å². The first-order chi connectivity index (χ1) is 6.83. The Hall–Kier alpha value is -0.840. The minimum absolute atomic E-state index is 0.0490. The second kappa shape index (κ2) is 4.35. The smallest absolute Gasteiger partial charge is 0.410 e. The van der Waals surface area contributed by atoms with E-state index in [0.717, 1.165) is 0 Å². The Balaban J connectivity index is 2.50. The molecule has 1 aliphatic heterocycles. The van der Waals surface area contributed by atoms with E-state index in [2.05, 4.69) is 0 Å². The molecule has 1 saturated heterocycles. The van der Waals surface area contributed by atoms with E-state index in [-0.39, 0.29) is 13.1 Å². The maximum atomic E-state index is 13.3. The average molecular weight is 219 g/mol. The summed E-state index contributed by atoms with van der Waals surface area (Å²) in [5.41, 5.74) is -0.548. The highest BCUT2D eigenvalue weighted by Crippen LogP contribution is 2.19. The molecule has 5 heteroatoms. The highest BCUT2D eigenvalue weighted by atomic mass is 19.1. The van der Waals surface area contributed by atoms with E-state index in [1.54, 1.807) is 20.8 Å². The van der Waals surface area contributed by atoms with Gasteiger partial charge in [-0.3, -0.25) is 0 Å². The second-order valence-corrected chi connectivity index (χ2v) is 4.68. The summed E-state index contributed by atoms with van der Waals surface area (Å²) in [6, 6.07) is 0. The minimum atomic E-state index is -1.12. The van der Waals surface area contributed by atoms with Crippen LogP contribution in [0.1, 0.15) is 20.8 Å². The molecule has 0 unspecified atom stereocenters. The summed E-state index contributed by atoms with van der Waals surface area (Å²) in [5.74, 6) is 0. The number of ether oxygens (including phenoxy) is 2. The van der Waals surface area contributed by atoms with Gasteiger partial charge >= 0.3 is 6.09 Å². The number of hydrogen-bond acceptors (Lipinski definition) is 3. The summed E-state index contributed by atoms with van der Waals surface area (Å²) in [6.45, 7) is 5.64. The monoisotopic (exact) mass is 219 g/mol. The van der Waals surface area contributed by atoms with Crippen molar-refractivity contribution in [1.29, 1.82) is 0 Å². The Morgan fingerprint density at radius 1 is 1.40 bits per heavy atom. The zero-order valence-electron chi connectivity index (χ0n) is 9.62. The Morgan fingerprint density at radius 2 is 2.00 bits per heavy atom. The predicted octanol–water partition coefficient (Wildman–Crippen LogP) is 1.59. The van der Waals surface area contributed by atoms with Gasteiger partial charge in [0.05, 0.1) is 13.1 Å². The number of halogens is 1. The van der Waals surface area contributed by atoms with Crippen LogP contribution in [-0.4, -0.2) is 49.1 Å². The first kappa shape index (κ1) is 12.2. The van der Waals surface area contributed by atoms with Crippen LogP contribution in [0.3, 0.4) is 0 Å². The van der Waals surface area contributed by atoms with Gasteiger partial charge in [-0.05, 0) is 20.8 Å². The normalized spacial score (nSPS) is 26.9. The van der Waals surface area contributed by atoms with E-state index in [1.807, 2.05) is 0 Å². The Kier molecular flexibility index (Phi) is 3.54. The molecule has 4 nitrogen and oxygen atoms in total. The lowest BCUT2D eigenvalue weighted by atomic mass is 10.2. The number of methoxy groups -OCH3 is 1. The average Bonchev–Trinajstić information content (AvgIpc) is 2.43. The molecule has 0 spiro atoms. The maximum Gasteiger partial charge on any atom is 0.410 e. The van der Waals surface area contributed by atoms with Gasteiger partial charge in [0.15, 0.2) is 0 Å². The van der Waals surface area contributed by atoms with Gasteiger partial charge in [0.2, 0.25) is 0 Å². The minimum Gasteiger partial charge on any atom is -0.444 e. The summed E-state index contributed by atoms with van der Waals surface area (Å²) in [4.78, 5) is 12.9. The molecular formula is C10H18FNO3. The van der Waals surface area contributed by atoms with E-state index in [0.29, 0.717) is 0 Å². The highest BCUT2D eigenvalue weighted by molar-refractivity contribution is 5.68. The molecule has 0 bridgehead atoms. The molecule has 88 valence electrons. The molecule has 0 saturated carbocycles. The van der Waals surface area contributed by atoms with Crippen LogP contribution in [-0.2, 0) is 9.47 Å². The van der Waals surface area contributed by atoms with Crippen LogP contribution in [0.5, 0.6) is 0 Å². The lowest BCUT2D eigenvalue weighted by molar-refractivity contribution is 0.0250. The van der Waals surface area contributed by atoms with Crippen molar-refractivity contribution in [3.63, 3.8) is 0 Å². The molecule has 0 N–H and O–H groups in total. The quantitative estimate of drug-likeness (QED) is 0.672. The van der Waals surface area contributed by atoms with Crippen LogP contribution in [0, 0.1) is 0 Å². The van der Waals surface area contributed by atoms with Crippen LogP contribution >= 0.6 is 0 Å². The standard InChI is InChI=1S/C10H18FNO3/c1-10(2,3)15-9(13)12-5-7(11)8(6-12)14-4/h7-8H,5-6H2,1-4H3/t7-,8-/m0/s1. The Labute approximate surface area is 89.3 Å². The number of amides is 1. The summed E-state index contributed by atoms with van der Waals surface area (Å²) < 4.78 is 23.3. The van der Waals surface area contributed by atoms with Gasteiger partial charge in [0.1, 0.15) is 17.9 Å². The Bertz CT molecular complexity index is 239. The molecule has 15 heavy (non-hydrogen) atoms. The van der Waals surface area contributed by atoms with Crippen LogP contribution in [0.25, 0.3) is 0 Å². The number of alkyl halides is 1. The van der Waals surface area contributed by atoms with E-state index < -0.39 is 24.0 Å². The zero-order valence-corrected chi connectivity index (χ0v) is 9.62. The van der Waals surface area contributed by atoms with Crippen molar-refractivity contribution < 1.29 is 18.7 Å². The fourth-order valence-electron chi connectivity index (χ4n) is 1.43. The number of carbonyl (C=O) groups is 1. The molecule has 0 radical (unpaired) electrons. The lowest BCUT2D eigenvalue weighted by Gasteiger charge is -2.24. The molecule has 0 aromatic carbocycles. The first-order valence-corrected chi connectivity index (χ1v) is 4.98. The van der Waals surface area contributed by atoms with Crippen molar-refractivity contribution >= 4 is 6.09 Å². The molecule has 0 aromatic rings. The third kappa shape index (κ3) is 3.34.